The molecule has 0 radical (unpaired) electrons. The summed E-state index contributed by atoms with van der Waals surface area (Å²) in [6.45, 7) is 2.04. The number of nitrogens with one attached hydrogen (secondary N) is 2. The summed E-state index contributed by atoms with van der Waals surface area (Å²) in [5.41, 5.74) is 3.24. The molecule has 26 heavy (non-hydrogen) atoms. The van der Waals surface area contributed by atoms with Crippen molar-refractivity contribution in [3.05, 3.63) is 53.9 Å². The first-order chi connectivity index (χ1) is 12.7. The largest absolute Gasteiger partial charge is 0.383 e. The first kappa shape index (κ1) is 18.0. The Morgan fingerprint density at radius 3 is 2.96 bits per heavy atom. The number of fused-ring (bicyclic) bond motifs is 1. The summed E-state index contributed by atoms with van der Waals surface area (Å²) in [5, 5.41) is 5.87. The van der Waals surface area contributed by atoms with Gasteiger partial charge >= 0.3 is 0 Å². The van der Waals surface area contributed by atoms with Gasteiger partial charge in [-0.05, 0) is 42.3 Å². The zero-order valence-corrected chi connectivity index (χ0v) is 14.7. The average molecular weight is 354 g/mol. The number of rotatable bonds is 7. The van der Waals surface area contributed by atoms with E-state index in [-0.39, 0.29) is 18.4 Å². The minimum absolute atomic E-state index is 0.0593. The summed E-state index contributed by atoms with van der Waals surface area (Å²) in [7, 11) is 1.62. The fraction of sp³-hybridized carbons (Fsp3) is 0.316. The molecule has 1 aromatic carbocycles. The molecule has 2 N–H and O–H groups in total. The van der Waals surface area contributed by atoms with Crippen molar-refractivity contribution < 1.29 is 14.3 Å². The molecule has 0 spiro atoms. The highest BCUT2D eigenvalue weighted by molar-refractivity contribution is 6.07. The topological polar surface area (TPSA) is 83.6 Å². The van der Waals surface area contributed by atoms with Gasteiger partial charge in [0.2, 0.25) is 5.91 Å². The lowest BCUT2D eigenvalue weighted by molar-refractivity contribution is -0.115. The summed E-state index contributed by atoms with van der Waals surface area (Å²) in [4.78, 5) is 30.4. The van der Waals surface area contributed by atoms with Crippen LogP contribution in [0.15, 0.2) is 42.7 Å². The third kappa shape index (κ3) is 4.25. The summed E-state index contributed by atoms with van der Waals surface area (Å²) in [6, 6.07) is 9.15. The Hall–Kier alpha value is -2.77. The maximum atomic E-state index is 12.6. The Morgan fingerprint density at radius 1 is 1.31 bits per heavy atom. The Labute approximate surface area is 152 Å². The minimum Gasteiger partial charge on any atom is -0.383 e. The number of anilines is 2. The average Bonchev–Trinajstić information content (AvgIpc) is 3.08. The third-order valence-electron chi connectivity index (χ3n) is 4.18. The Morgan fingerprint density at radius 2 is 2.19 bits per heavy atom. The van der Waals surface area contributed by atoms with Crippen molar-refractivity contribution in [2.45, 2.75) is 6.42 Å². The van der Waals surface area contributed by atoms with Crippen LogP contribution in [0.2, 0.25) is 0 Å². The molecule has 2 aromatic rings. The lowest BCUT2D eigenvalue weighted by Gasteiger charge is -2.17. The van der Waals surface area contributed by atoms with Crippen LogP contribution < -0.4 is 15.5 Å². The summed E-state index contributed by atoms with van der Waals surface area (Å²) in [5.74, 6) is -0.168. The van der Waals surface area contributed by atoms with E-state index in [0.29, 0.717) is 25.3 Å². The van der Waals surface area contributed by atoms with Crippen LogP contribution in [0.3, 0.4) is 0 Å². The number of carbonyl (C=O) groups is 2. The van der Waals surface area contributed by atoms with Crippen molar-refractivity contribution in [3.8, 4) is 0 Å². The molecule has 0 saturated heterocycles. The first-order valence-electron chi connectivity index (χ1n) is 8.53. The predicted octanol–water partition coefficient (Wildman–Crippen LogP) is 1.46. The standard InChI is InChI=1S/C19H22N4O3/c1-26-10-8-21-13-18(24)22-16-4-5-17-14(11-16)6-9-23(17)19(25)15-3-2-7-20-12-15/h2-5,7,11-12,21H,6,8-10,13H2,1H3,(H,22,24). The van der Waals surface area contributed by atoms with Crippen molar-refractivity contribution in [1.82, 2.24) is 10.3 Å². The number of aromatic nitrogens is 1. The van der Waals surface area contributed by atoms with E-state index in [1.165, 1.54) is 0 Å². The molecule has 136 valence electrons. The van der Waals surface area contributed by atoms with Gasteiger partial charge < -0.3 is 20.3 Å². The molecular formula is C19H22N4O3. The van der Waals surface area contributed by atoms with Crippen LogP contribution in [0, 0.1) is 0 Å². The van der Waals surface area contributed by atoms with Gasteiger partial charge in [0.05, 0.1) is 18.7 Å². The van der Waals surface area contributed by atoms with E-state index in [0.717, 1.165) is 23.4 Å². The molecule has 2 heterocycles. The van der Waals surface area contributed by atoms with Crippen molar-refractivity contribution in [1.29, 1.82) is 0 Å². The maximum Gasteiger partial charge on any atom is 0.259 e. The number of pyridine rings is 1. The molecule has 0 aliphatic carbocycles. The molecule has 0 unspecified atom stereocenters. The number of ether oxygens (including phenoxy) is 1. The quantitative estimate of drug-likeness (QED) is 0.736. The van der Waals surface area contributed by atoms with Crippen LogP contribution in [-0.4, -0.2) is 50.1 Å². The molecule has 2 amide bonds. The van der Waals surface area contributed by atoms with Crippen LogP contribution >= 0.6 is 0 Å². The molecule has 0 saturated carbocycles. The molecule has 0 bridgehead atoms. The van der Waals surface area contributed by atoms with Gasteiger partial charge in [-0.2, -0.15) is 0 Å². The first-order valence-corrected chi connectivity index (χ1v) is 8.53. The van der Waals surface area contributed by atoms with E-state index < -0.39 is 0 Å². The highest BCUT2D eigenvalue weighted by Gasteiger charge is 2.25. The van der Waals surface area contributed by atoms with Crippen LogP contribution in [0.1, 0.15) is 15.9 Å². The smallest absolute Gasteiger partial charge is 0.259 e. The van der Waals surface area contributed by atoms with Gasteiger partial charge in [0.15, 0.2) is 0 Å². The van der Waals surface area contributed by atoms with E-state index in [1.54, 1.807) is 36.5 Å². The van der Waals surface area contributed by atoms with Gasteiger partial charge in [0, 0.05) is 44.0 Å². The van der Waals surface area contributed by atoms with Gasteiger partial charge in [-0.3, -0.25) is 14.6 Å². The normalized spacial score (nSPS) is 12.7. The Kier molecular flexibility index (Phi) is 5.93. The highest BCUT2D eigenvalue weighted by atomic mass is 16.5. The molecule has 7 nitrogen and oxygen atoms in total. The number of carbonyl (C=O) groups excluding carboxylic acids is 2. The molecular weight excluding hydrogens is 332 g/mol. The molecule has 1 aliphatic rings. The number of methoxy groups -OCH3 is 1. The lowest BCUT2D eigenvalue weighted by Crippen LogP contribution is -2.30. The number of amides is 2. The SMILES string of the molecule is COCCNCC(=O)Nc1ccc2c(c1)CCN2C(=O)c1cccnc1. The van der Waals surface area contributed by atoms with Gasteiger partial charge in [0.25, 0.3) is 5.91 Å². The zero-order valence-electron chi connectivity index (χ0n) is 14.7. The van der Waals surface area contributed by atoms with Crippen LogP contribution in [0.4, 0.5) is 11.4 Å². The van der Waals surface area contributed by atoms with Gasteiger partial charge in [0.1, 0.15) is 0 Å². The molecule has 1 aromatic heterocycles. The van der Waals surface area contributed by atoms with E-state index in [2.05, 4.69) is 15.6 Å². The van der Waals surface area contributed by atoms with Gasteiger partial charge in [-0.25, -0.2) is 0 Å². The van der Waals surface area contributed by atoms with Gasteiger partial charge in [-0.15, -0.1) is 0 Å². The Bertz CT molecular complexity index is 780. The Balaban J connectivity index is 1.63. The maximum absolute atomic E-state index is 12.6. The fourth-order valence-electron chi connectivity index (χ4n) is 2.92. The molecule has 3 rings (SSSR count). The molecule has 1 aliphatic heterocycles. The second-order valence-electron chi connectivity index (χ2n) is 6.01. The van der Waals surface area contributed by atoms with Crippen LogP contribution in [0.25, 0.3) is 0 Å². The van der Waals surface area contributed by atoms with E-state index >= 15 is 0 Å². The van der Waals surface area contributed by atoms with Crippen molar-refractivity contribution in [2.75, 3.05) is 43.6 Å². The lowest BCUT2D eigenvalue weighted by atomic mass is 10.1. The van der Waals surface area contributed by atoms with Crippen molar-refractivity contribution in [3.63, 3.8) is 0 Å². The van der Waals surface area contributed by atoms with Crippen molar-refractivity contribution in [2.24, 2.45) is 0 Å². The number of hydrogen-bond donors (Lipinski definition) is 2. The fourth-order valence-corrected chi connectivity index (χ4v) is 2.92. The number of benzene rings is 1. The minimum atomic E-state index is -0.109. The highest BCUT2D eigenvalue weighted by Crippen LogP contribution is 2.31. The second kappa shape index (κ2) is 8.55. The van der Waals surface area contributed by atoms with Crippen LogP contribution in [0.5, 0.6) is 0 Å². The zero-order chi connectivity index (χ0) is 18.4. The monoisotopic (exact) mass is 354 g/mol. The number of nitrogens with zero attached hydrogens (tertiary/aromatic N) is 2. The second-order valence-corrected chi connectivity index (χ2v) is 6.01. The predicted molar refractivity (Wildman–Crippen MR) is 99.4 cm³/mol. The van der Waals surface area contributed by atoms with Crippen LogP contribution in [-0.2, 0) is 16.0 Å². The molecule has 7 heteroatoms. The number of hydrogen-bond acceptors (Lipinski definition) is 5. The van der Waals surface area contributed by atoms with E-state index in [1.807, 2.05) is 18.2 Å². The van der Waals surface area contributed by atoms with E-state index in [4.69, 9.17) is 4.74 Å². The van der Waals surface area contributed by atoms with E-state index in [9.17, 15) is 9.59 Å². The molecule has 0 fully saturated rings. The summed E-state index contributed by atoms with van der Waals surface area (Å²) < 4.78 is 4.92. The third-order valence-corrected chi connectivity index (χ3v) is 4.18. The summed E-state index contributed by atoms with van der Waals surface area (Å²) >= 11 is 0. The van der Waals surface area contributed by atoms with Crippen molar-refractivity contribution >= 4 is 23.2 Å². The molecule has 0 atom stereocenters. The summed E-state index contributed by atoms with van der Waals surface area (Å²) in [6.07, 6.45) is 3.98. The van der Waals surface area contributed by atoms with Gasteiger partial charge in [-0.1, -0.05) is 0 Å².